The number of benzene rings is 2. The van der Waals surface area contributed by atoms with E-state index in [1.807, 2.05) is 29.8 Å². The molecule has 1 atom stereocenters. The molecule has 2 aromatic heterocycles. The Morgan fingerprint density at radius 3 is 2.52 bits per heavy atom. The third-order valence-electron chi connectivity index (χ3n) is 5.18. The summed E-state index contributed by atoms with van der Waals surface area (Å²) in [6.45, 7) is 0. The molecule has 29 heavy (non-hydrogen) atoms. The number of carbonyl (C=O) groups excluding carboxylic acids is 1. The van der Waals surface area contributed by atoms with Crippen molar-refractivity contribution in [2.45, 2.75) is 12.3 Å². The van der Waals surface area contributed by atoms with E-state index < -0.39 is 11.9 Å². The summed E-state index contributed by atoms with van der Waals surface area (Å²) >= 11 is 0. The predicted molar refractivity (Wildman–Crippen MR) is 107 cm³/mol. The Hall–Kier alpha value is -4.03. The first-order valence-corrected chi connectivity index (χ1v) is 9.04. The van der Waals surface area contributed by atoms with Gasteiger partial charge in [-0.3, -0.25) is 4.79 Å². The van der Waals surface area contributed by atoms with Crippen molar-refractivity contribution in [3.63, 3.8) is 0 Å². The first kappa shape index (κ1) is 18.3. The van der Waals surface area contributed by atoms with E-state index in [1.165, 1.54) is 7.11 Å². The van der Waals surface area contributed by atoms with Crippen LogP contribution >= 0.6 is 0 Å². The minimum Gasteiger partial charge on any atom is -0.468 e. The number of fused-ring (bicyclic) bond motifs is 2. The molecule has 0 aliphatic rings. The number of hydrogen-bond acceptors (Lipinski definition) is 5. The van der Waals surface area contributed by atoms with E-state index in [4.69, 9.17) is 19.7 Å². The second kappa shape index (κ2) is 7.18. The molecule has 4 aromatic rings. The molecule has 0 bridgehead atoms. The second-order valence-corrected chi connectivity index (χ2v) is 6.87. The highest BCUT2D eigenvalue weighted by molar-refractivity contribution is 5.85. The largest absolute Gasteiger partial charge is 0.468 e. The second-order valence-electron chi connectivity index (χ2n) is 6.87. The van der Waals surface area contributed by atoms with Crippen molar-refractivity contribution >= 4 is 27.8 Å². The van der Waals surface area contributed by atoms with Gasteiger partial charge in [0.05, 0.1) is 30.4 Å². The number of hydrogen-bond donors (Lipinski definition) is 0. The van der Waals surface area contributed by atoms with Crippen molar-refractivity contribution in [3.8, 4) is 12.1 Å². The number of aryl methyl sites for hydroxylation is 1. The Bertz CT molecular complexity index is 1330. The number of furan rings is 1. The van der Waals surface area contributed by atoms with Crippen LogP contribution in [0.1, 0.15) is 28.5 Å². The molecule has 0 fully saturated rings. The molecule has 4 rings (SSSR count). The van der Waals surface area contributed by atoms with Gasteiger partial charge >= 0.3 is 5.97 Å². The van der Waals surface area contributed by atoms with Crippen molar-refractivity contribution in [1.82, 2.24) is 4.57 Å². The minimum absolute atomic E-state index is 0.380. The summed E-state index contributed by atoms with van der Waals surface area (Å²) in [7, 11) is 3.26. The van der Waals surface area contributed by atoms with Crippen LogP contribution in [-0.2, 0) is 23.0 Å². The highest BCUT2D eigenvalue weighted by Gasteiger charge is 2.27. The van der Waals surface area contributed by atoms with Crippen LogP contribution in [0.25, 0.3) is 21.9 Å². The van der Waals surface area contributed by atoms with Crippen molar-refractivity contribution in [3.05, 3.63) is 71.1 Å². The molecule has 0 amide bonds. The van der Waals surface area contributed by atoms with Gasteiger partial charge in [-0.05, 0) is 47.9 Å². The van der Waals surface area contributed by atoms with Gasteiger partial charge in [-0.1, -0.05) is 6.07 Å². The highest BCUT2D eigenvalue weighted by atomic mass is 16.5. The Kier molecular flexibility index (Phi) is 4.54. The number of aromatic nitrogens is 1. The average molecular weight is 383 g/mol. The normalized spacial score (nSPS) is 11.9. The van der Waals surface area contributed by atoms with Gasteiger partial charge < -0.3 is 13.7 Å². The number of esters is 1. The molecular weight excluding hydrogens is 366 g/mol. The molecule has 6 heteroatoms. The molecule has 2 heterocycles. The van der Waals surface area contributed by atoms with E-state index in [-0.39, 0.29) is 0 Å². The monoisotopic (exact) mass is 383 g/mol. The Balaban J connectivity index is 1.76. The van der Waals surface area contributed by atoms with Crippen molar-refractivity contribution in [1.29, 1.82) is 10.5 Å². The lowest BCUT2D eigenvalue weighted by molar-refractivity contribution is -0.142. The standard InChI is InChI=1S/C23H17N3O3/c1-26-18(9-16-5-3-15(13-25)8-20(16)26)11-19(23(27)28-2)22-10-17-7-14(12-24)4-6-21(17)29-22/h3-10,19H,11H2,1-2H3. The van der Waals surface area contributed by atoms with Crippen molar-refractivity contribution < 1.29 is 13.9 Å². The van der Waals surface area contributed by atoms with E-state index in [1.54, 1.807) is 30.3 Å². The summed E-state index contributed by atoms with van der Waals surface area (Å²) in [5, 5.41) is 20.0. The van der Waals surface area contributed by atoms with E-state index in [0.29, 0.717) is 28.9 Å². The number of methoxy groups -OCH3 is 1. The zero-order chi connectivity index (χ0) is 20.5. The number of nitrogens with zero attached hydrogens (tertiary/aromatic N) is 3. The van der Waals surface area contributed by atoms with E-state index in [0.717, 1.165) is 22.0 Å². The van der Waals surface area contributed by atoms with Crippen LogP contribution in [0.2, 0.25) is 0 Å². The molecular formula is C23H17N3O3. The quantitative estimate of drug-likeness (QED) is 0.493. The van der Waals surface area contributed by atoms with Crippen LogP contribution in [-0.4, -0.2) is 17.6 Å². The third kappa shape index (κ3) is 3.22. The van der Waals surface area contributed by atoms with Gasteiger partial charge in [0.2, 0.25) is 0 Å². The predicted octanol–water partition coefficient (Wildman–Crippen LogP) is 4.17. The third-order valence-corrected chi connectivity index (χ3v) is 5.18. The summed E-state index contributed by atoms with van der Waals surface area (Å²) in [5.74, 6) is -0.533. The number of nitriles is 2. The van der Waals surface area contributed by atoms with Gasteiger partial charge in [0, 0.05) is 30.1 Å². The van der Waals surface area contributed by atoms with Gasteiger partial charge in [0.15, 0.2) is 0 Å². The van der Waals surface area contributed by atoms with Gasteiger partial charge in [0.25, 0.3) is 0 Å². The summed E-state index contributed by atoms with van der Waals surface area (Å²) in [5.41, 5.74) is 3.57. The maximum Gasteiger partial charge on any atom is 0.316 e. The zero-order valence-corrected chi connectivity index (χ0v) is 16.0. The molecule has 1 unspecified atom stereocenters. The number of carbonyl (C=O) groups is 1. The molecule has 0 saturated carbocycles. The fraction of sp³-hybridized carbons (Fsp3) is 0.174. The minimum atomic E-state index is -0.628. The molecule has 0 N–H and O–H groups in total. The fourth-order valence-electron chi connectivity index (χ4n) is 3.61. The Labute approximate surface area is 167 Å². The molecule has 142 valence electrons. The van der Waals surface area contributed by atoms with Crippen LogP contribution in [0.5, 0.6) is 0 Å². The first-order valence-electron chi connectivity index (χ1n) is 9.04. The SMILES string of the molecule is COC(=O)C(Cc1cc2ccc(C#N)cc2n1C)c1cc2cc(C#N)ccc2o1. The van der Waals surface area contributed by atoms with E-state index in [9.17, 15) is 4.79 Å². The molecule has 0 aliphatic carbocycles. The van der Waals surface area contributed by atoms with Crippen LogP contribution < -0.4 is 0 Å². The summed E-state index contributed by atoms with van der Waals surface area (Å²) in [6.07, 6.45) is 0.380. The lowest BCUT2D eigenvalue weighted by Gasteiger charge is -2.13. The van der Waals surface area contributed by atoms with Crippen LogP contribution in [0.15, 0.2) is 52.9 Å². The Morgan fingerprint density at radius 2 is 1.79 bits per heavy atom. The Morgan fingerprint density at radius 1 is 1.07 bits per heavy atom. The van der Waals surface area contributed by atoms with Crippen LogP contribution in [0.4, 0.5) is 0 Å². The number of rotatable bonds is 4. The van der Waals surface area contributed by atoms with Crippen molar-refractivity contribution in [2.24, 2.45) is 7.05 Å². The molecule has 0 spiro atoms. The van der Waals surface area contributed by atoms with Crippen LogP contribution in [0.3, 0.4) is 0 Å². The van der Waals surface area contributed by atoms with Gasteiger partial charge in [-0.25, -0.2) is 0 Å². The van der Waals surface area contributed by atoms with E-state index >= 15 is 0 Å². The maximum absolute atomic E-state index is 12.6. The highest BCUT2D eigenvalue weighted by Crippen LogP contribution is 2.31. The van der Waals surface area contributed by atoms with Gasteiger partial charge in [-0.2, -0.15) is 10.5 Å². The van der Waals surface area contributed by atoms with E-state index in [2.05, 4.69) is 12.1 Å². The lowest BCUT2D eigenvalue weighted by Crippen LogP contribution is -2.17. The molecule has 6 nitrogen and oxygen atoms in total. The van der Waals surface area contributed by atoms with Gasteiger partial charge in [0.1, 0.15) is 17.3 Å². The maximum atomic E-state index is 12.6. The first-order chi connectivity index (χ1) is 14.0. The van der Waals surface area contributed by atoms with Gasteiger partial charge in [-0.15, -0.1) is 0 Å². The topological polar surface area (TPSA) is 92.0 Å². The zero-order valence-electron chi connectivity index (χ0n) is 16.0. The molecule has 0 saturated heterocycles. The smallest absolute Gasteiger partial charge is 0.316 e. The number of ether oxygens (including phenoxy) is 1. The lowest BCUT2D eigenvalue weighted by atomic mass is 9.99. The summed E-state index contributed by atoms with van der Waals surface area (Å²) in [6, 6.07) is 18.7. The molecule has 2 aromatic carbocycles. The fourth-order valence-corrected chi connectivity index (χ4v) is 3.61. The van der Waals surface area contributed by atoms with Crippen LogP contribution in [0, 0.1) is 22.7 Å². The molecule has 0 aliphatic heterocycles. The summed E-state index contributed by atoms with van der Waals surface area (Å²) < 4.78 is 12.9. The van der Waals surface area contributed by atoms with Crippen molar-refractivity contribution in [2.75, 3.05) is 7.11 Å². The summed E-state index contributed by atoms with van der Waals surface area (Å²) in [4.78, 5) is 12.6. The average Bonchev–Trinajstić information content (AvgIpc) is 3.31. The molecule has 0 radical (unpaired) electrons.